The van der Waals surface area contributed by atoms with Crippen molar-refractivity contribution in [2.45, 2.75) is 35.2 Å². The van der Waals surface area contributed by atoms with E-state index in [0.29, 0.717) is 0 Å². The van der Waals surface area contributed by atoms with Crippen molar-refractivity contribution in [2.24, 2.45) is 0 Å². The highest BCUT2D eigenvalue weighted by molar-refractivity contribution is 6.28. The monoisotopic (exact) mass is 1260 g/mol. The number of morpholine rings is 4. The van der Waals surface area contributed by atoms with Crippen molar-refractivity contribution >= 4 is 47.8 Å². The van der Waals surface area contributed by atoms with E-state index in [1.54, 1.807) is 0 Å². The van der Waals surface area contributed by atoms with Gasteiger partial charge in [0, 0.05) is 52.4 Å². The Hall–Kier alpha value is -9.28. The molecule has 91 heavy (non-hydrogen) atoms. The number of fused-ring (bicyclic) bond motifs is 10. The lowest BCUT2D eigenvalue weighted by molar-refractivity contribution is -0.163. The molecular weight excluding hydrogens is 1180 g/mol. The molecule has 4 fully saturated rings. The fourth-order valence-electron chi connectivity index (χ4n) is 12.1. The number of hydrogen-bond acceptors (Lipinski definition) is 16. The fourth-order valence-corrected chi connectivity index (χ4v) is 12.1. The van der Waals surface area contributed by atoms with Crippen LogP contribution < -0.4 is 0 Å². The predicted molar refractivity (Wildman–Crippen MR) is 325 cm³/mol. The molecule has 25 nitrogen and oxygen atoms in total. The number of rotatable bonds is 12. The highest BCUT2D eigenvalue weighted by Gasteiger charge is 2.61. The Labute approximate surface area is 523 Å². The van der Waals surface area contributed by atoms with Gasteiger partial charge in [0.05, 0.1) is 26.4 Å². The van der Waals surface area contributed by atoms with Crippen molar-refractivity contribution in [1.29, 1.82) is 0 Å². The highest BCUT2D eigenvalue weighted by atomic mass is 16.5. The molecule has 4 bridgehead atoms. The normalized spacial score (nSPS) is 21.8. The van der Waals surface area contributed by atoms with E-state index in [9.17, 15) is 0 Å². The zero-order valence-corrected chi connectivity index (χ0v) is 49.7. The van der Waals surface area contributed by atoms with Crippen molar-refractivity contribution in [2.75, 3.05) is 105 Å². The van der Waals surface area contributed by atoms with Gasteiger partial charge in [-0.2, -0.15) is 0 Å². The van der Waals surface area contributed by atoms with Gasteiger partial charge < -0.3 is 65.3 Å². The van der Waals surface area contributed by atoms with Gasteiger partial charge >= 0.3 is 47.8 Å². The fraction of sp³-hybridized carbons (Fsp3) is 0.333. The summed E-state index contributed by atoms with van der Waals surface area (Å²) in [7, 11) is 0. The minimum Gasteiger partial charge on any atom is -0.473 e. The number of benzene rings is 6. The Balaban J connectivity index is 0.000000212. The second-order valence-electron chi connectivity index (χ2n) is 21.5. The van der Waals surface area contributed by atoms with Crippen LogP contribution >= 0.6 is 0 Å². The first-order valence-corrected chi connectivity index (χ1v) is 28.9. The van der Waals surface area contributed by atoms with E-state index in [2.05, 4.69) is 189 Å². The molecular formula is C66H74N4O21. The number of carbonyl (C=O) groups is 8. The molecule has 12 rings (SSSR count). The van der Waals surface area contributed by atoms with Gasteiger partial charge in [0.25, 0.3) is 0 Å². The summed E-state index contributed by atoms with van der Waals surface area (Å²) in [5, 5.41) is 59.1. The Morgan fingerprint density at radius 3 is 0.681 bits per heavy atom. The van der Waals surface area contributed by atoms with E-state index in [-0.39, 0.29) is 5.48 Å². The van der Waals surface area contributed by atoms with Gasteiger partial charge in [0.2, 0.25) is 0 Å². The first-order chi connectivity index (χ1) is 43.2. The minimum atomic E-state index is -1.82. The predicted octanol–water partition coefficient (Wildman–Crippen LogP) is 4.28. The van der Waals surface area contributed by atoms with Gasteiger partial charge in [-0.15, -0.1) is 0 Å². The summed E-state index contributed by atoms with van der Waals surface area (Å²) in [5.74, 6) is -14.6. The number of aliphatic carboxylic acids is 8. The third kappa shape index (κ3) is 17.6. The molecule has 4 saturated heterocycles. The third-order valence-corrected chi connectivity index (χ3v) is 15.9. The van der Waals surface area contributed by atoms with E-state index in [1.807, 2.05) is 0 Å². The zero-order valence-electron chi connectivity index (χ0n) is 49.7. The zero-order chi connectivity index (χ0) is 64.9. The van der Waals surface area contributed by atoms with Crippen LogP contribution in [0.3, 0.4) is 0 Å². The average molecular weight is 1260 g/mol. The molecule has 6 aromatic rings. The highest BCUT2D eigenvalue weighted by Crippen LogP contribution is 2.58. The Kier molecular flexibility index (Phi) is 25.7. The van der Waals surface area contributed by atoms with Crippen LogP contribution in [0.1, 0.15) is 57.3 Å². The van der Waals surface area contributed by atoms with Crippen molar-refractivity contribution < 1.29 is 104 Å². The second-order valence-corrected chi connectivity index (χ2v) is 21.5. The van der Waals surface area contributed by atoms with Crippen LogP contribution in [0, 0.1) is 0 Å². The largest absolute Gasteiger partial charge is 0.473 e. The molecule has 6 aliphatic rings. The molecule has 25 heteroatoms. The maximum absolute atomic E-state index is 9.10. The molecule has 484 valence electrons. The lowest BCUT2D eigenvalue weighted by Gasteiger charge is -2.47. The molecule has 10 N–H and O–H groups in total. The topological polar surface area (TPSA) is 380 Å². The maximum Gasteiger partial charge on any atom is 0.414 e. The van der Waals surface area contributed by atoms with Gasteiger partial charge in [0.1, 0.15) is 22.4 Å². The standard InChI is InChI=1S/2C29H32N2O2.4C2H2O4.H2O/c2*1-3-10-24(11-4-1)28-22-31(17-9-16-30-18-20-32-21-19-30)23-29(33-28,25-12-5-2-6-13-25)27-15-8-7-14-26(27)28;4*3-1(4)2(5)6;/h2*1-8,10-15H,9,16-23H2;4*(H,3,4)(H,5,6);1H2. The lowest BCUT2D eigenvalue weighted by atomic mass is 9.83. The summed E-state index contributed by atoms with van der Waals surface area (Å²) in [6.07, 6.45) is 2.32. The molecule has 4 atom stereocenters. The number of ether oxygens (including phenoxy) is 4. The Bertz CT molecular complexity index is 2940. The number of carboxylic acids is 8. The summed E-state index contributed by atoms with van der Waals surface area (Å²) in [6, 6.07) is 61.1. The van der Waals surface area contributed by atoms with Crippen molar-refractivity contribution in [3.05, 3.63) is 214 Å². The molecule has 0 amide bonds. The second kappa shape index (κ2) is 33.0. The molecule has 0 spiro atoms. The van der Waals surface area contributed by atoms with Gasteiger partial charge in [-0.25, -0.2) is 38.4 Å². The van der Waals surface area contributed by atoms with Gasteiger partial charge in [-0.3, -0.25) is 19.6 Å². The van der Waals surface area contributed by atoms with Crippen molar-refractivity contribution in [1.82, 2.24) is 19.6 Å². The molecule has 6 aliphatic heterocycles. The summed E-state index contributed by atoms with van der Waals surface area (Å²) in [6.45, 7) is 15.6. The molecule has 6 aromatic carbocycles. The van der Waals surface area contributed by atoms with Crippen LogP contribution in [-0.4, -0.2) is 219 Å². The smallest absolute Gasteiger partial charge is 0.414 e. The minimum absolute atomic E-state index is 0. The Morgan fingerprint density at radius 2 is 0.484 bits per heavy atom. The molecule has 0 aliphatic carbocycles. The number of carboxylic acid groups (broad SMARTS) is 8. The van der Waals surface area contributed by atoms with E-state index in [0.717, 1.165) is 118 Å². The van der Waals surface area contributed by atoms with Crippen LogP contribution in [0.25, 0.3) is 0 Å². The quantitative estimate of drug-likeness (QED) is 0.0792. The average Bonchev–Trinajstić information content (AvgIpc) is 1.55. The van der Waals surface area contributed by atoms with Crippen LogP contribution in [0.2, 0.25) is 0 Å². The maximum atomic E-state index is 9.10. The molecule has 0 radical (unpaired) electrons. The van der Waals surface area contributed by atoms with Crippen molar-refractivity contribution in [3.63, 3.8) is 0 Å². The summed E-state index contributed by atoms with van der Waals surface area (Å²) in [4.78, 5) is 83.2. The van der Waals surface area contributed by atoms with Crippen LogP contribution in [-0.2, 0) is 79.7 Å². The summed E-state index contributed by atoms with van der Waals surface area (Å²) < 4.78 is 25.6. The number of nitrogens with zero attached hydrogens (tertiary/aromatic N) is 4. The van der Waals surface area contributed by atoms with Crippen LogP contribution in [0.5, 0.6) is 0 Å². The van der Waals surface area contributed by atoms with Gasteiger partial charge in [-0.05, 0) is 83.5 Å². The summed E-state index contributed by atoms with van der Waals surface area (Å²) >= 11 is 0. The first kappa shape index (κ1) is 70.8. The first-order valence-electron chi connectivity index (χ1n) is 28.9. The lowest BCUT2D eigenvalue weighted by Crippen LogP contribution is -2.55. The third-order valence-electron chi connectivity index (χ3n) is 15.9. The molecule has 0 aromatic heterocycles. The van der Waals surface area contributed by atoms with E-state index in [4.69, 9.17) is 98.2 Å². The molecule has 6 heterocycles. The van der Waals surface area contributed by atoms with Crippen LogP contribution in [0.15, 0.2) is 170 Å². The van der Waals surface area contributed by atoms with Crippen molar-refractivity contribution in [3.8, 4) is 0 Å². The van der Waals surface area contributed by atoms with E-state index in [1.165, 1.54) is 44.5 Å². The molecule has 0 saturated carbocycles. The van der Waals surface area contributed by atoms with Crippen LogP contribution in [0.4, 0.5) is 0 Å². The summed E-state index contributed by atoms with van der Waals surface area (Å²) in [5.41, 5.74) is 8.42. The van der Waals surface area contributed by atoms with Gasteiger partial charge in [-0.1, -0.05) is 170 Å². The van der Waals surface area contributed by atoms with Gasteiger partial charge in [0.15, 0.2) is 0 Å². The Morgan fingerprint density at radius 1 is 0.297 bits per heavy atom. The molecule has 4 unspecified atom stereocenters. The van der Waals surface area contributed by atoms with E-state index < -0.39 is 70.2 Å². The van der Waals surface area contributed by atoms with E-state index >= 15 is 0 Å². The number of hydrogen-bond donors (Lipinski definition) is 8. The SMILES string of the molecule is O.O=C(O)C(=O)O.O=C(O)C(=O)O.O=C(O)C(=O)O.O=C(O)C(=O)O.c1ccc(C23CN(CCCN4CCOCC4)CC(c4ccccc4)(O2)c2ccccc23)cc1.c1ccc(C23CN(CCCN4CCOCC4)CC(c4ccccc4)(O2)c2ccccc23)cc1.